The molecule has 1 aromatic heterocycles. The molecule has 0 radical (unpaired) electrons. The molecule has 1 heterocycles. The fourth-order valence-electron chi connectivity index (χ4n) is 2.25. The van der Waals surface area contributed by atoms with Crippen molar-refractivity contribution in [1.82, 2.24) is 0 Å². The van der Waals surface area contributed by atoms with Gasteiger partial charge in [-0.1, -0.05) is 20.8 Å². The first-order valence-electron chi connectivity index (χ1n) is 7.88. The van der Waals surface area contributed by atoms with Crippen LogP contribution in [0.3, 0.4) is 0 Å². The summed E-state index contributed by atoms with van der Waals surface area (Å²) in [5.74, 6) is -0.962. The Kier molecular flexibility index (Phi) is 5.37. The van der Waals surface area contributed by atoms with Gasteiger partial charge in [0.1, 0.15) is 10.8 Å². The van der Waals surface area contributed by atoms with Gasteiger partial charge in [0.2, 0.25) is 0 Å². The van der Waals surface area contributed by atoms with Gasteiger partial charge in [-0.15, -0.1) is 11.3 Å². The molecule has 25 heavy (non-hydrogen) atoms. The van der Waals surface area contributed by atoms with Gasteiger partial charge in [0.05, 0.1) is 5.56 Å². The Labute approximate surface area is 150 Å². The smallest absolute Gasteiger partial charge is 0.338 e. The van der Waals surface area contributed by atoms with Crippen molar-refractivity contribution in [1.29, 1.82) is 0 Å². The van der Waals surface area contributed by atoms with Gasteiger partial charge >= 0.3 is 12.0 Å². The van der Waals surface area contributed by atoms with Crippen LogP contribution in [-0.2, 0) is 5.41 Å². The molecule has 0 saturated carbocycles. The van der Waals surface area contributed by atoms with Crippen LogP contribution in [0.2, 0.25) is 0 Å². The van der Waals surface area contributed by atoms with Crippen LogP contribution in [0.25, 0.3) is 0 Å². The van der Waals surface area contributed by atoms with Gasteiger partial charge in [-0.2, -0.15) is 0 Å². The molecule has 0 spiro atoms. The number of nitrogens with one attached hydrogen (secondary N) is 1. The maximum atomic E-state index is 12.6. The van der Waals surface area contributed by atoms with Crippen molar-refractivity contribution in [2.24, 2.45) is 0 Å². The molecule has 0 aliphatic heterocycles. The molecule has 0 unspecified atom stereocenters. The number of anilines is 2. The SMILES string of the molecule is CCN(C(=O)Nc1sc(C(C)(C)C)cc1C(=O)O)c1ccc(O)cc1. The molecular weight excluding hydrogens is 340 g/mol. The van der Waals surface area contributed by atoms with Crippen molar-refractivity contribution in [3.8, 4) is 5.75 Å². The Bertz CT molecular complexity index is 775. The van der Waals surface area contributed by atoms with Crippen LogP contribution in [-0.4, -0.2) is 28.8 Å². The molecule has 2 rings (SSSR count). The predicted octanol–water partition coefficient (Wildman–Crippen LogP) is 4.51. The summed E-state index contributed by atoms with van der Waals surface area (Å²) in [7, 11) is 0. The van der Waals surface area contributed by atoms with E-state index >= 15 is 0 Å². The Hall–Kier alpha value is -2.54. The first-order chi connectivity index (χ1) is 11.6. The van der Waals surface area contributed by atoms with Crippen molar-refractivity contribution in [2.75, 3.05) is 16.8 Å². The number of carbonyl (C=O) groups is 2. The second-order valence-electron chi connectivity index (χ2n) is 6.60. The van der Waals surface area contributed by atoms with Crippen LogP contribution in [0.4, 0.5) is 15.5 Å². The average molecular weight is 362 g/mol. The molecule has 0 fully saturated rings. The molecule has 134 valence electrons. The highest BCUT2D eigenvalue weighted by atomic mass is 32.1. The lowest BCUT2D eigenvalue weighted by molar-refractivity contribution is 0.0698. The van der Waals surface area contributed by atoms with Crippen LogP contribution in [0.1, 0.15) is 42.9 Å². The molecule has 0 aliphatic carbocycles. The largest absolute Gasteiger partial charge is 0.508 e. The zero-order valence-corrected chi connectivity index (χ0v) is 15.5. The number of urea groups is 1. The Morgan fingerprint density at radius 1 is 1.20 bits per heavy atom. The number of carbonyl (C=O) groups excluding carboxylic acids is 1. The fraction of sp³-hybridized carbons (Fsp3) is 0.333. The summed E-state index contributed by atoms with van der Waals surface area (Å²) in [5, 5.41) is 21.8. The third-order valence-electron chi connectivity index (χ3n) is 3.64. The normalized spacial score (nSPS) is 11.2. The number of phenolic OH excluding ortho intramolecular Hbond substituents is 1. The fourth-order valence-corrected chi connectivity index (χ4v) is 3.35. The Morgan fingerprint density at radius 2 is 1.80 bits per heavy atom. The molecule has 2 aromatic rings. The van der Waals surface area contributed by atoms with Gasteiger partial charge < -0.3 is 10.2 Å². The van der Waals surface area contributed by atoms with Gasteiger partial charge in [-0.3, -0.25) is 10.2 Å². The molecule has 7 heteroatoms. The van der Waals surface area contributed by atoms with Crippen LogP contribution in [0.15, 0.2) is 30.3 Å². The third-order valence-corrected chi connectivity index (χ3v) is 5.12. The highest BCUT2D eigenvalue weighted by Gasteiger charge is 2.25. The predicted molar refractivity (Wildman–Crippen MR) is 100 cm³/mol. The Morgan fingerprint density at radius 3 is 2.28 bits per heavy atom. The number of rotatable bonds is 4. The number of nitrogens with zero attached hydrogens (tertiary/aromatic N) is 1. The van der Waals surface area contributed by atoms with E-state index in [4.69, 9.17) is 0 Å². The third kappa shape index (κ3) is 4.30. The van der Waals surface area contributed by atoms with E-state index in [9.17, 15) is 19.8 Å². The zero-order chi connectivity index (χ0) is 18.8. The number of aromatic hydroxyl groups is 1. The quantitative estimate of drug-likeness (QED) is 0.746. The minimum absolute atomic E-state index is 0.0880. The van der Waals surface area contributed by atoms with E-state index in [2.05, 4.69) is 5.32 Å². The van der Waals surface area contributed by atoms with E-state index in [1.807, 2.05) is 27.7 Å². The molecule has 0 bridgehead atoms. The number of benzene rings is 1. The van der Waals surface area contributed by atoms with Gasteiger partial charge in [0.15, 0.2) is 0 Å². The number of carboxylic acid groups (broad SMARTS) is 1. The van der Waals surface area contributed by atoms with E-state index in [1.165, 1.54) is 28.4 Å². The second kappa shape index (κ2) is 7.14. The zero-order valence-electron chi connectivity index (χ0n) is 14.7. The molecule has 0 aliphatic rings. The lowest BCUT2D eigenvalue weighted by Gasteiger charge is -2.21. The summed E-state index contributed by atoms with van der Waals surface area (Å²) in [6, 6.07) is 7.45. The van der Waals surface area contributed by atoms with Crippen molar-refractivity contribution in [2.45, 2.75) is 33.1 Å². The number of aromatic carboxylic acids is 1. The molecule has 0 saturated heterocycles. The van der Waals surface area contributed by atoms with Gasteiger partial charge in [0, 0.05) is 17.1 Å². The average Bonchev–Trinajstić information content (AvgIpc) is 2.94. The van der Waals surface area contributed by atoms with Crippen molar-refractivity contribution >= 4 is 34.0 Å². The van der Waals surface area contributed by atoms with E-state index in [0.29, 0.717) is 17.2 Å². The van der Waals surface area contributed by atoms with Crippen LogP contribution in [0, 0.1) is 0 Å². The number of amides is 2. The topological polar surface area (TPSA) is 89.9 Å². The molecule has 0 atom stereocenters. The van der Waals surface area contributed by atoms with Gasteiger partial charge in [-0.05, 0) is 42.7 Å². The number of carboxylic acids is 1. The van der Waals surface area contributed by atoms with Gasteiger partial charge in [-0.25, -0.2) is 9.59 Å². The highest BCUT2D eigenvalue weighted by Crippen LogP contribution is 2.36. The minimum atomic E-state index is -1.07. The van der Waals surface area contributed by atoms with Crippen molar-refractivity contribution in [3.63, 3.8) is 0 Å². The van der Waals surface area contributed by atoms with Gasteiger partial charge in [0.25, 0.3) is 0 Å². The molecule has 1 aromatic carbocycles. The lowest BCUT2D eigenvalue weighted by atomic mass is 9.94. The van der Waals surface area contributed by atoms with E-state index < -0.39 is 12.0 Å². The van der Waals surface area contributed by atoms with Crippen LogP contribution < -0.4 is 10.2 Å². The summed E-state index contributed by atoms with van der Waals surface area (Å²) >= 11 is 1.27. The summed E-state index contributed by atoms with van der Waals surface area (Å²) in [4.78, 5) is 26.5. The number of hydrogen-bond acceptors (Lipinski definition) is 4. The van der Waals surface area contributed by atoms with Crippen molar-refractivity contribution < 1.29 is 19.8 Å². The monoisotopic (exact) mass is 362 g/mol. The first-order valence-corrected chi connectivity index (χ1v) is 8.70. The lowest BCUT2D eigenvalue weighted by Crippen LogP contribution is -2.34. The summed E-state index contributed by atoms with van der Waals surface area (Å²) < 4.78 is 0. The number of phenols is 1. The highest BCUT2D eigenvalue weighted by molar-refractivity contribution is 7.16. The summed E-state index contributed by atoms with van der Waals surface area (Å²) in [5.41, 5.74) is 0.492. The second-order valence-corrected chi connectivity index (χ2v) is 7.65. The molecule has 3 N–H and O–H groups in total. The maximum Gasteiger partial charge on any atom is 0.338 e. The van der Waals surface area contributed by atoms with Crippen molar-refractivity contribution in [3.05, 3.63) is 40.8 Å². The Balaban J connectivity index is 2.31. The summed E-state index contributed by atoms with van der Waals surface area (Å²) in [6.07, 6.45) is 0. The number of thiophene rings is 1. The van der Waals surface area contributed by atoms with E-state index in [-0.39, 0.29) is 16.7 Å². The minimum Gasteiger partial charge on any atom is -0.508 e. The molecule has 6 nitrogen and oxygen atoms in total. The maximum absolute atomic E-state index is 12.6. The number of hydrogen-bond donors (Lipinski definition) is 3. The van der Waals surface area contributed by atoms with Crippen LogP contribution in [0.5, 0.6) is 5.75 Å². The van der Waals surface area contributed by atoms with Crippen LogP contribution >= 0.6 is 11.3 Å². The first kappa shape index (κ1) is 18.8. The van der Waals surface area contributed by atoms with E-state index in [1.54, 1.807) is 18.2 Å². The molecule has 2 amide bonds. The standard InChI is InChI=1S/C18H22N2O4S/c1-5-20(11-6-8-12(21)9-7-11)17(24)19-15-13(16(22)23)10-14(25-15)18(2,3)4/h6-10,21H,5H2,1-4H3,(H,19,24)(H,22,23). The van der Waals surface area contributed by atoms with E-state index in [0.717, 1.165) is 4.88 Å². The molecular formula is C18H22N2O4S. The summed E-state index contributed by atoms with van der Waals surface area (Å²) in [6.45, 7) is 8.19.